The van der Waals surface area contributed by atoms with E-state index in [0.717, 1.165) is 37.9 Å². The minimum absolute atomic E-state index is 0.170. The summed E-state index contributed by atoms with van der Waals surface area (Å²) in [6, 6.07) is 0. The van der Waals surface area contributed by atoms with Crippen LogP contribution in [0.3, 0.4) is 0 Å². The van der Waals surface area contributed by atoms with Crippen LogP contribution in [0.1, 0.15) is 38.4 Å². The van der Waals surface area contributed by atoms with E-state index in [9.17, 15) is 5.11 Å². The minimum atomic E-state index is -0.170. The molecule has 1 unspecified atom stereocenters. The van der Waals surface area contributed by atoms with Gasteiger partial charge in [0.25, 0.3) is 0 Å². The first-order valence-corrected chi connectivity index (χ1v) is 5.13. The summed E-state index contributed by atoms with van der Waals surface area (Å²) in [6.45, 7) is 2.08. The Morgan fingerprint density at radius 2 is 2.21 bits per heavy atom. The van der Waals surface area contributed by atoms with Gasteiger partial charge < -0.3 is 5.11 Å². The molecule has 80 valence electrons. The number of aryl methyl sites for hydroxylation is 2. The van der Waals surface area contributed by atoms with Crippen LogP contribution in [0.25, 0.3) is 0 Å². The molecule has 0 radical (unpaired) electrons. The van der Waals surface area contributed by atoms with Gasteiger partial charge in [0.2, 0.25) is 0 Å². The topological polar surface area (TPSA) is 63.8 Å². The average Bonchev–Trinajstić information content (AvgIpc) is 2.52. The highest BCUT2D eigenvalue weighted by molar-refractivity contribution is 4.76. The fourth-order valence-corrected chi connectivity index (χ4v) is 1.40. The molecule has 1 rings (SSSR count). The van der Waals surface area contributed by atoms with Gasteiger partial charge in [-0.15, -0.1) is 10.2 Å². The van der Waals surface area contributed by atoms with Gasteiger partial charge in [-0.1, -0.05) is 13.3 Å². The van der Waals surface area contributed by atoms with Crippen LogP contribution in [0.5, 0.6) is 0 Å². The molecule has 14 heavy (non-hydrogen) atoms. The van der Waals surface area contributed by atoms with Crippen LogP contribution < -0.4 is 0 Å². The number of rotatable bonds is 6. The summed E-state index contributed by atoms with van der Waals surface area (Å²) < 4.78 is 0. The van der Waals surface area contributed by atoms with Crippen LogP contribution in [-0.4, -0.2) is 31.4 Å². The van der Waals surface area contributed by atoms with Crippen molar-refractivity contribution >= 4 is 0 Å². The van der Waals surface area contributed by atoms with Crippen LogP contribution in [0.4, 0.5) is 0 Å². The molecule has 5 nitrogen and oxygen atoms in total. The van der Waals surface area contributed by atoms with Gasteiger partial charge >= 0.3 is 0 Å². The van der Waals surface area contributed by atoms with Gasteiger partial charge in [-0.05, 0) is 24.5 Å². The molecule has 0 aliphatic rings. The van der Waals surface area contributed by atoms with Crippen molar-refractivity contribution in [2.45, 2.75) is 45.1 Å². The maximum atomic E-state index is 9.47. The maximum absolute atomic E-state index is 9.47. The molecular formula is C9H18N4O. The molecule has 1 aromatic rings. The van der Waals surface area contributed by atoms with Gasteiger partial charge in [-0.2, -0.15) is 4.80 Å². The van der Waals surface area contributed by atoms with Gasteiger partial charge in [0, 0.05) is 6.42 Å². The molecule has 0 saturated carbocycles. The van der Waals surface area contributed by atoms with Gasteiger partial charge in [-0.25, -0.2) is 0 Å². The normalized spacial score (nSPS) is 13.1. The molecule has 1 heterocycles. The van der Waals surface area contributed by atoms with Crippen molar-refractivity contribution in [1.82, 2.24) is 20.2 Å². The molecule has 1 atom stereocenters. The Hall–Kier alpha value is -0.970. The maximum Gasteiger partial charge on any atom is 0.174 e. The first-order chi connectivity index (χ1) is 6.72. The van der Waals surface area contributed by atoms with Crippen LogP contribution >= 0.6 is 0 Å². The molecule has 0 aliphatic carbocycles. The molecular weight excluding hydrogens is 180 g/mol. The zero-order chi connectivity index (χ0) is 10.4. The van der Waals surface area contributed by atoms with Gasteiger partial charge in [0.05, 0.1) is 13.2 Å². The first-order valence-electron chi connectivity index (χ1n) is 5.13. The van der Waals surface area contributed by atoms with E-state index in [1.54, 1.807) is 7.05 Å². The number of hydrogen-bond acceptors (Lipinski definition) is 4. The van der Waals surface area contributed by atoms with E-state index in [0.29, 0.717) is 0 Å². The lowest BCUT2D eigenvalue weighted by Crippen LogP contribution is -2.06. The number of aliphatic hydroxyl groups is 1. The van der Waals surface area contributed by atoms with E-state index < -0.39 is 0 Å². The van der Waals surface area contributed by atoms with E-state index in [4.69, 9.17) is 0 Å². The average molecular weight is 198 g/mol. The van der Waals surface area contributed by atoms with Crippen molar-refractivity contribution in [3.05, 3.63) is 5.82 Å². The number of aliphatic hydroxyl groups excluding tert-OH is 1. The highest BCUT2D eigenvalue weighted by atomic mass is 16.3. The molecule has 0 amide bonds. The van der Waals surface area contributed by atoms with Crippen molar-refractivity contribution < 1.29 is 5.11 Å². The first kappa shape index (κ1) is 11.1. The van der Waals surface area contributed by atoms with Crippen molar-refractivity contribution in [2.75, 3.05) is 0 Å². The summed E-state index contributed by atoms with van der Waals surface area (Å²) >= 11 is 0. The Labute approximate surface area is 84.1 Å². The molecule has 0 bridgehead atoms. The predicted molar refractivity (Wildman–Crippen MR) is 52.7 cm³/mol. The van der Waals surface area contributed by atoms with E-state index in [-0.39, 0.29) is 6.10 Å². The van der Waals surface area contributed by atoms with Crippen molar-refractivity contribution in [1.29, 1.82) is 0 Å². The van der Waals surface area contributed by atoms with E-state index >= 15 is 0 Å². The zero-order valence-electron chi connectivity index (χ0n) is 8.85. The van der Waals surface area contributed by atoms with E-state index in [1.165, 1.54) is 4.80 Å². The number of tetrazole rings is 1. The van der Waals surface area contributed by atoms with Crippen LogP contribution in [-0.2, 0) is 13.5 Å². The third-order valence-electron chi connectivity index (χ3n) is 2.11. The quantitative estimate of drug-likeness (QED) is 0.730. The number of nitrogens with zero attached hydrogens (tertiary/aromatic N) is 4. The summed E-state index contributed by atoms with van der Waals surface area (Å²) in [5, 5.41) is 21.2. The molecule has 1 aromatic heterocycles. The van der Waals surface area contributed by atoms with Gasteiger partial charge in [0.1, 0.15) is 0 Å². The lowest BCUT2D eigenvalue weighted by molar-refractivity contribution is 0.151. The molecule has 0 aliphatic heterocycles. The highest BCUT2D eigenvalue weighted by Gasteiger charge is 2.04. The SMILES string of the molecule is CCCC(O)CCCc1nnn(C)n1. The van der Waals surface area contributed by atoms with Crippen LogP contribution in [0, 0.1) is 0 Å². The Morgan fingerprint density at radius 1 is 1.43 bits per heavy atom. The van der Waals surface area contributed by atoms with E-state index in [2.05, 4.69) is 22.3 Å². The largest absolute Gasteiger partial charge is 0.393 e. The molecule has 0 saturated heterocycles. The Morgan fingerprint density at radius 3 is 2.79 bits per heavy atom. The summed E-state index contributed by atoms with van der Waals surface area (Å²) in [7, 11) is 1.75. The van der Waals surface area contributed by atoms with Crippen LogP contribution in [0.15, 0.2) is 0 Å². The third kappa shape index (κ3) is 3.83. The summed E-state index contributed by atoms with van der Waals surface area (Å²) in [5.74, 6) is 0.760. The Bertz CT molecular complexity index is 261. The fraction of sp³-hybridized carbons (Fsp3) is 0.889. The number of aromatic nitrogens is 4. The molecule has 0 aromatic carbocycles. The van der Waals surface area contributed by atoms with E-state index in [1.807, 2.05) is 0 Å². The second kappa shape index (κ2) is 5.70. The third-order valence-corrected chi connectivity index (χ3v) is 2.11. The molecule has 0 fully saturated rings. The van der Waals surface area contributed by atoms with Crippen LogP contribution in [0.2, 0.25) is 0 Å². The minimum Gasteiger partial charge on any atom is -0.393 e. The van der Waals surface area contributed by atoms with Crippen molar-refractivity contribution in [2.24, 2.45) is 7.05 Å². The summed E-state index contributed by atoms with van der Waals surface area (Å²) in [6.07, 6.45) is 4.29. The lowest BCUT2D eigenvalue weighted by Gasteiger charge is -2.06. The second-order valence-electron chi connectivity index (χ2n) is 3.53. The summed E-state index contributed by atoms with van der Waals surface area (Å²) in [4.78, 5) is 1.46. The lowest BCUT2D eigenvalue weighted by atomic mass is 10.1. The fourth-order valence-electron chi connectivity index (χ4n) is 1.40. The van der Waals surface area contributed by atoms with Crippen molar-refractivity contribution in [3.8, 4) is 0 Å². The molecule has 0 spiro atoms. The summed E-state index contributed by atoms with van der Waals surface area (Å²) in [5.41, 5.74) is 0. The standard InChI is InChI=1S/C9H18N4O/c1-3-5-8(14)6-4-7-9-10-12-13(2)11-9/h8,14H,3-7H2,1-2H3. The Kier molecular flexibility index (Phi) is 4.52. The smallest absolute Gasteiger partial charge is 0.174 e. The van der Waals surface area contributed by atoms with Gasteiger partial charge in [-0.3, -0.25) is 0 Å². The Balaban J connectivity index is 2.15. The van der Waals surface area contributed by atoms with Gasteiger partial charge in [0.15, 0.2) is 5.82 Å². The molecule has 5 heteroatoms. The highest BCUT2D eigenvalue weighted by Crippen LogP contribution is 2.06. The zero-order valence-corrected chi connectivity index (χ0v) is 8.85. The monoisotopic (exact) mass is 198 g/mol. The molecule has 1 N–H and O–H groups in total. The second-order valence-corrected chi connectivity index (χ2v) is 3.53. The number of hydrogen-bond donors (Lipinski definition) is 1. The van der Waals surface area contributed by atoms with Crippen molar-refractivity contribution in [3.63, 3.8) is 0 Å². The predicted octanol–water partition coefficient (Wildman–Crippen LogP) is 0.694.